The third-order valence-corrected chi connectivity index (χ3v) is 4.41. The lowest BCUT2D eigenvalue weighted by molar-refractivity contribution is -0.137. The summed E-state index contributed by atoms with van der Waals surface area (Å²) in [6.07, 6.45) is -1.55. The van der Waals surface area contributed by atoms with E-state index in [1.165, 1.54) is 12.1 Å². The van der Waals surface area contributed by atoms with Gasteiger partial charge >= 0.3 is 6.18 Å². The fourth-order valence-electron chi connectivity index (χ4n) is 3.26. The Morgan fingerprint density at radius 2 is 1.95 bits per heavy atom. The van der Waals surface area contributed by atoms with Gasteiger partial charge in [0.1, 0.15) is 0 Å². The summed E-state index contributed by atoms with van der Waals surface area (Å²) >= 11 is 0. The van der Waals surface area contributed by atoms with Gasteiger partial charge in [-0.15, -0.1) is 0 Å². The Kier molecular flexibility index (Phi) is 3.50. The van der Waals surface area contributed by atoms with Gasteiger partial charge < -0.3 is 10.1 Å². The highest BCUT2D eigenvalue weighted by atomic mass is 19.4. The molecule has 2 aliphatic heterocycles. The van der Waals surface area contributed by atoms with Crippen molar-refractivity contribution in [1.29, 1.82) is 0 Å². The fourth-order valence-corrected chi connectivity index (χ4v) is 3.26. The Bertz CT molecular complexity index is 480. The van der Waals surface area contributed by atoms with Crippen LogP contribution >= 0.6 is 0 Å². The second-order valence-electron chi connectivity index (χ2n) is 5.77. The van der Waals surface area contributed by atoms with Crippen LogP contribution in [0.15, 0.2) is 24.3 Å². The van der Waals surface area contributed by atoms with E-state index in [9.17, 15) is 13.2 Å². The number of hydrogen-bond acceptors (Lipinski definition) is 2. The Morgan fingerprint density at radius 1 is 1.20 bits per heavy atom. The second kappa shape index (κ2) is 5.04. The van der Waals surface area contributed by atoms with E-state index in [2.05, 4.69) is 5.32 Å². The van der Waals surface area contributed by atoms with Crippen molar-refractivity contribution in [2.24, 2.45) is 0 Å². The Hall–Kier alpha value is -1.07. The molecule has 0 bridgehead atoms. The smallest absolute Gasteiger partial charge is 0.374 e. The van der Waals surface area contributed by atoms with E-state index in [0.717, 1.165) is 44.0 Å². The van der Waals surface area contributed by atoms with Crippen LogP contribution in [0.25, 0.3) is 0 Å². The van der Waals surface area contributed by atoms with Crippen molar-refractivity contribution in [2.45, 2.75) is 37.0 Å². The number of nitrogens with one attached hydrogen (secondary N) is 1. The zero-order chi connectivity index (χ0) is 14.2. The lowest BCUT2D eigenvalue weighted by Gasteiger charge is -2.33. The van der Waals surface area contributed by atoms with Gasteiger partial charge in [0.25, 0.3) is 0 Å². The molecule has 20 heavy (non-hydrogen) atoms. The minimum atomic E-state index is -4.28. The van der Waals surface area contributed by atoms with Crippen LogP contribution in [0.4, 0.5) is 13.2 Å². The predicted octanol–water partition coefficient (Wildman–Crippen LogP) is 3.33. The zero-order valence-corrected chi connectivity index (χ0v) is 11.2. The first-order chi connectivity index (χ1) is 9.49. The van der Waals surface area contributed by atoms with Crippen LogP contribution in [0, 0.1) is 0 Å². The van der Waals surface area contributed by atoms with Gasteiger partial charge in [-0.05, 0) is 44.0 Å². The van der Waals surface area contributed by atoms with E-state index < -0.39 is 11.7 Å². The van der Waals surface area contributed by atoms with Gasteiger partial charge in [0.2, 0.25) is 0 Å². The monoisotopic (exact) mass is 285 g/mol. The molecule has 5 heteroatoms. The Labute approximate surface area is 116 Å². The fraction of sp³-hybridized carbons (Fsp3) is 0.600. The second-order valence-corrected chi connectivity index (χ2v) is 5.77. The lowest BCUT2D eigenvalue weighted by Crippen LogP contribution is -2.41. The van der Waals surface area contributed by atoms with Crippen molar-refractivity contribution in [2.75, 3.05) is 19.7 Å². The van der Waals surface area contributed by atoms with Crippen LogP contribution in [-0.2, 0) is 10.9 Å². The Balaban J connectivity index is 1.77. The van der Waals surface area contributed by atoms with Gasteiger partial charge in [0, 0.05) is 5.92 Å². The summed E-state index contributed by atoms with van der Waals surface area (Å²) in [5.74, 6) is 0.0791. The summed E-state index contributed by atoms with van der Waals surface area (Å²) in [7, 11) is 0. The third kappa shape index (κ3) is 2.69. The van der Waals surface area contributed by atoms with Crippen LogP contribution in [0.1, 0.15) is 36.3 Å². The number of rotatable bonds is 1. The van der Waals surface area contributed by atoms with E-state index in [4.69, 9.17) is 4.74 Å². The minimum absolute atomic E-state index is 0.0791. The van der Waals surface area contributed by atoms with E-state index >= 15 is 0 Å². The van der Waals surface area contributed by atoms with Gasteiger partial charge in [-0.3, -0.25) is 0 Å². The van der Waals surface area contributed by atoms with Crippen molar-refractivity contribution in [1.82, 2.24) is 5.32 Å². The highest BCUT2D eigenvalue weighted by molar-refractivity contribution is 5.29. The van der Waals surface area contributed by atoms with Gasteiger partial charge in [-0.2, -0.15) is 13.2 Å². The van der Waals surface area contributed by atoms with E-state index in [1.807, 2.05) is 0 Å². The van der Waals surface area contributed by atoms with Crippen molar-refractivity contribution in [3.63, 3.8) is 0 Å². The summed E-state index contributed by atoms with van der Waals surface area (Å²) < 4.78 is 44.2. The first-order valence-electron chi connectivity index (χ1n) is 7.00. The van der Waals surface area contributed by atoms with Crippen LogP contribution in [0.2, 0.25) is 0 Å². The SMILES string of the molecule is FC(F)(F)c1cccc([C@H]2COC3(CCNCC3)C2)c1. The molecule has 0 amide bonds. The molecule has 2 fully saturated rings. The van der Waals surface area contributed by atoms with Crippen molar-refractivity contribution in [3.8, 4) is 0 Å². The first-order valence-corrected chi connectivity index (χ1v) is 7.00. The number of alkyl halides is 3. The molecule has 2 heterocycles. The molecule has 2 nitrogen and oxygen atoms in total. The molecule has 0 aromatic heterocycles. The average molecular weight is 285 g/mol. The van der Waals surface area contributed by atoms with Gasteiger partial charge in [0.05, 0.1) is 17.8 Å². The number of halogens is 3. The Morgan fingerprint density at radius 3 is 2.65 bits per heavy atom. The van der Waals surface area contributed by atoms with E-state index in [0.29, 0.717) is 6.61 Å². The molecule has 2 aliphatic rings. The summed E-state index contributed by atoms with van der Waals surface area (Å²) in [4.78, 5) is 0. The molecule has 0 saturated carbocycles. The normalized spacial score (nSPS) is 26.1. The number of hydrogen-bond donors (Lipinski definition) is 1. The molecule has 1 N–H and O–H groups in total. The third-order valence-electron chi connectivity index (χ3n) is 4.41. The molecule has 1 aromatic carbocycles. The molecule has 1 aromatic rings. The minimum Gasteiger partial charge on any atom is -0.374 e. The highest BCUT2D eigenvalue weighted by Crippen LogP contribution is 2.42. The summed E-state index contributed by atoms with van der Waals surface area (Å²) in [6.45, 7) is 2.38. The maximum Gasteiger partial charge on any atom is 0.416 e. The van der Waals surface area contributed by atoms with E-state index in [-0.39, 0.29) is 11.5 Å². The van der Waals surface area contributed by atoms with Gasteiger partial charge in [-0.1, -0.05) is 18.2 Å². The molecular formula is C15H18F3NO. The quantitative estimate of drug-likeness (QED) is 0.854. The van der Waals surface area contributed by atoms with Crippen LogP contribution in [-0.4, -0.2) is 25.3 Å². The molecule has 0 radical (unpaired) electrons. The zero-order valence-electron chi connectivity index (χ0n) is 11.2. The van der Waals surface area contributed by atoms with E-state index in [1.54, 1.807) is 6.07 Å². The molecule has 2 saturated heterocycles. The summed E-state index contributed by atoms with van der Waals surface area (Å²) in [5, 5.41) is 3.29. The molecule has 0 aliphatic carbocycles. The first kappa shape index (κ1) is 13.9. The number of ether oxygens (including phenoxy) is 1. The van der Waals surface area contributed by atoms with Crippen LogP contribution < -0.4 is 5.32 Å². The molecule has 1 atom stereocenters. The molecule has 0 unspecified atom stereocenters. The van der Waals surface area contributed by atoms with Crippen LogP contribution in [0.3, 0.4) is 0 Å². The summed E-state index contributed by atoms with van der Waals surface area (Å²) in [6, 6.07) is 5.67. The van der Waals surface area contributed by atoms with Crippen molar-refractivity contribution < 1.29 is 17.9 Å². The largest absolute Gasteiger partial charge is 0.416 e. The highest BCUT2D eigenvalue weighted by Gasteiger charge is 2.42. The summed E-state index contributed by atoms with van der Waals surface area (Å²) in [5.41, 5.74) is 0.0564. The van der Waals surface area contributed by atoms with Crippen molar-refractivity contribution in [3.05, 3.63) is 35.4 Å². The molecular weight excluding hydrogens is 267 g/mol. The van der Waals surface area contributed by atoms with Gasteiger partial charge in [0.15, 0.2) is 0 Å². The predicted molar refractivity (Wildman–Crippen MR) is 69.6 cm³/mol. The lowest BCUT2D eigenvalue weighted by atomic mass is 9.83. The number of piperidine rings is 1. The standard InChI is InChI=1S/C15H18F3NO/c16-15(17,18)13-3-1-2-11(8-13)12-9-14(20-10-12)4-6-19-7-5-14/h1-3,8,12,19H,4-7,9-10H2/t12-/m1/s1. The molecule has 110 valence electrons. The van der Waals surface area contributed by atoms with Gasteiger partial charge in [-0.25, -0.2) is 0 Å². The van der Waals surface area contributed by atoms with Crippen LogP contribution in [0.5, 0.6) is 0 Å². The maximum absolute atomic E-state index is 12.8. The topological polar surface area (TPSA) is 21.3 Å². The molecule has 3 rings (SSSR count). The maximum atomic E-state index is 12.8. The molecule has 1 spiro atoms. The van der Waals surface area contributed by atoms with Crippen molar-refractivity contribution >= 4 is 0 Å². The average Bonchev–Trinajstić information content (AvgIpc) is 2.83. The number of benzene rings is 1.